The van der Waals surface area contributed by atoms with Crippen LogP contribution in [-0.4, -0.2) is 5.91 Å². The molecule has 0 saturated carbocycles. The fourth-order valence-electron chi connectivity index (χ4n) is 2.58. The first kappa shape index (κ1) is 17.1. The van der Waals surface area contributed by atoms with Crippen LogP contribution in [0.5, 0.6) is 0 Å². The summed E-state index contributed by atoms with van der Waals surface area (Å²) in [6, 6.07) is 21.7. The minimum atomic E-state index is -0.148. The molecule has 1 heterocycles. The van der Waals surface area contributed by atoms with Gasteiger partial charge < -0.3 is 0 Å². The van der Waals surface area contributed by atoms with Crippen LogP contribution in [0.15, 0.2) is 84.8 Å². The average Bonchev–Trinajstić information content (AvgIpc) is 3.20. The maximum atomic E-state index is 12.2. The number of rotatable bonds is 7. The van der Waals surface area contributed by atoms with Crippen LogP contribution >= 0.6 is 11.3 Å². The summed E-state index contributed by atoms with van der Waals surface area (Å²) in [5.74, 6) is -0.148. The van der Waals surface area contributed by atoms with Gasteiger partial charge in [0.1, 0.15) is 0 Å². The van der Waals surface area contributed by atoms with Gasteiger partial charge in [0.25, 0.3) is 5.91 Å². The van der Waals surface area contributed by atoms with Crippen molar-refractivity contribution < 1.29 is 4.79 Å². The van der Waals surface area contributed by atoms with Gasteiger partial charge in [0.2, 0.25) is 0 Å². The van der Waals surface area contributed by atoms with Gasteiger partial charge in [-0.25, -0.2) is 5.43 Å². The van der Waals surface area contributed by atoms with Gasteiger partial charge in [0, 0.05) is 10.4 Å². The Hall–Kier alpha value is -2.69. The van der Waals surface area contributed by atoms with E-state index in [0.29, 0.717) is 12.0 Å². The van der Waals surface area contributed by atoms with Crippen LogP contribution < -0.4 is 10.9 Å². The highest BCUT2D eigenvalue weighted by atomic mass is 32.1. The second-order valence-corrected chi connectivity index (χ2v) is 6.59. The summed E-state index contributed by atoms with van der Waals surface area (Å²) in [7, 11) is 0. The molecule has 2 aromatic carbocycles. The Balaban J connectivity index is 1.68. The molecule has 1 amide bonds. The lowest BCUT2D eigenvalue weighted by atomic mass is 10.0. The number of hydrazine groups is 1. The molecule has 1 unspecified atom stereocenters. The lowest BCUT2D eigenvalue weighted by Gasteiger charge is -2.18. The molecule has 3 rings (SSSR count). The first-order valence-corrected chi connectivity index (χ1v) is 9.01. The Morgan fingerprint density at radius 2 is 1.80 bits per heavy atom. The fraction of sp³-hybridized carbons (Fsp3) is 0.0952. The molecular weight excluding hydrogens is 328 g/mol. The molecular formula is C21H20N2OS. The molecule has 0 saturated heterocycles. The highest BCUT2D eigenvalue weighted by Gasteiger charge is 2.12. The fourth-order valence-corrected chi connectivity index (χ4v) is 3.31. The topological polar surface area (TPSA) is 41.1 Å². The SMILES string of the molecule is C=CCC(NNC(=O)c1ccccc1)c1ccc(-c2cccs2)cc1. The number of nitrogens with one attached hydrogen (secondary N) is 2. The second-order valence-electron chi connectivity index (χ2n) is 5.64. The molecule has 0 fully saturated rings. The molecule has 126 valence electrons. The number of amides is 1. The smallest absolute Gasteiger partial charge is 0.265 e. The molecule has 0 radical (unpaired) electrons. The summed E-state index contributed by atoms with van der Waals surface area (Å²) >= 11 is 1.72. The van der Waals surface area contributed by atoms with Crippen LogP contribution in [-0.2, 0) is 0 Å². The van der Waals surface area contributed by atoms with E-state index in [9.17, 15) is 4.79 Å². The number of thiophene rings is 1. The standard InChI is InChI=1S/C21H20N2OS/c1-2-7-19(22-23-21(24)18-8-4-3-5-9-18)16-11-13-17(14-12-16)20-10-6-15-25-20/h2-6,8-15,19,22H,1,7H2,(H,23,24). The monoisotopic (exact) mass is 348 g/mol. The predicted molar refractivity (Wildman–Crippen MR) is 104 cm³/mol. The van der Waals surface area contributed by atoms with Crippen molar-refractivity contribution in [1.29, 1.82) is 0 Å². The molecule has 1 aromatic heterocycles. The number of carbonyl (C=O) groups is 1. The van der Waals surface area contributed by atoms with Crippen molar-refractivity contribution in [2.45, 2.75) is 12.5 Å². The van der Waals surface area contributed by atoms with Gasteiger partial charge in [-0.05, 0) is 41.1 Å². The summed E-state index contributed by atoms with van der Waals surface area (Å²) < 4.78 is 0. The summed E-state index contributed by atoms with van der Waals surface area (Å²) in [4.78, 5) is 13.4. The molecule has 4 heteroatoms. The lowest BCUT2D eigenvalue weighted by molar-refractivity contribution is 0.0925. The number of carbonyl (C=O) groups excluding carboxylic acids is 1. The minimum absolute atomic E-state index is 0.0254. The number of hydrogen-bond acceptors (Lipinski definition) is 3. The van der Waals surface area contributed by atoms with Gasteiger partial charge in [-0.15, -0.1) is 17.9 Å². The Kier molecular flexibility index (Phi) is 5.77. The van der Waals surface area contributed by atoms with Crippen LogP contribution in [0.4, 0.5) is 0 Å². The summed E-state index contributed by atoms with van der Waals surface area (Å²) in [6.45, 7) is 3.82. The van der Waals surface area contributed by atoms with Gasteiger partial charge in [0.15, 0.2) is 0 Å². The number of hydrogen-bond donors (Lipinski definition) is 2. The quantitative estimate of drug-likeness (QED) is 0.468. The van der Waals surface area contributed by atoms with Crippen molar-refractivity contribution >= 4 is 17.2 Å². The van der Waals surface area contributed by atoms with E-state index in [1.54, 1.807) is 23.5 Å². The van der Waals surface area contributed by atoms with Gasteiger partial charge in [-0.2, -0.15) is 0 Å². The second kappa shape index (κ2) is 8.42. The molecule has 3 aromatic rings. The molecule has 2 N–H and O–H groups in total. The molecule has 0 bridgehead atoms. The average molecular weight is 348 g/mol. The van der Waals surface area contributed by atoms with Gasteiger partial charge in [-0.1, -0.05) is 54.6 Å². The first-order valence-electron chi connectivity index (χ1n) is 8.13. The first-order chi connectivity index (χ1) is 12.3. The summed E-state index contributed by atoms with van der Waals surface area (Å²) in [6.07, 6.45) is 2.56. The maximum absolute atomic E-state index is 12.2. The third-order valence-corrected chi connectivity index (χ3v) is 4.84. The van der Waals surface area contributed by atoms with Crippen LogP contribution in [0.2, 0.25) is 0 Å². The van der Waals surface area contributed by atoms with Gasteiger partial charge in [0.05, 0.1) is 6.04 Å². The predicted octanol–water partition coefficient (Wildman–Crippen LogP) is 4.97. The van der Waals surface area contributed by atoms with Crippen molar-refractivity contribution in [3.05, 3.63) is 95.9 Å². The number of benzene rings is 2. The molecule has 3 nitrogen and oxygen atoms in total. The Bertz CT molecular complexity index is 811. The van der Waals surface area contributed by atoms with E-state index in [1.165, 1.54) is 10.4 Å². The van der Waals surface area contributed by atoms with Crippen LogP contribution in [0, 0.1) is 0 Å². The van der Waals surface area contributed by atoms with E-state index in [0.717, 1.165) is 5.56 Å². The zero-order valence-corrected chi connectivity index (χ0v) is 14.6. The Labute approximate surface area is 152 Å². The van der Waals surface area contributed by atoms with E-state index >= 15 is 0 Å². The van der Waals surface area contributed by atoms with Crippen molar-refractivity contribution in [3.63, 3.8) is 0 Å². The minimum Gasteiger partial charge on any atom is -0.287 e. The Morgan fingerprint density at radius 1 is 1.04 bits per heavy atom. The normalized spacial score (nSPS) is 11.7. The summed E-state index contributed by atoms with van der Waals surface area (Å²) in [5.41, 5.74) is 8.84. The van der Waals surface area contributed by atoms with Crippen molar-refractivity contribution in [1.82, 2.24) is 10.9 Å². The highest BCUT2D eigenvalue weighted by Crippen LogP contribution is 2.26. The summed E-state index contributed by atoms with van der Waals surface area (Å²) in [5, 5.41) is 2.07. The van der Waals surface area contributed by atoms with E-state index in [4.69, 9.17) is 0 Å². The Morgan fingerprint density at radius 3 is 2.44 bits per heavy atom. The van der Waals surface area contributed by atoms with E-state index < -0.39 is 0 Å². The van der Waals surface area contributed by atoms with Gasteiger partial charge >= 0.3 is 0 Å². The van der Waals surface area contributed by atoms with Gasteiger partial charge in [-0.3, -0.25) is 10.2 Å². The van der Waals surface area contributed by atoms with Crippen molar-refractivity contribution in [3.8, 4) is 10.4 Å². The van der Waals surface area contributed by atoms with Crippen LogP contribution in [0.1, 0.15) is 28.4 Å². The molecule has 25 heavy (non-hydrogen) atoms. The third-order valence-electron chi connectivity index (χ3n) is 3.92. The zero-order valence-electron chi connectivity index (χ0n) is 13.8. The van der Waals surface area contributed by atoms with E-state index in [2.05, 4.69) is 59.2 Å². The molecule has 1 atom stereocenters. The van der Waals surface area contributed by atoms with Crippen LogP contribution in [0.3, 0.4) is 0 Å². The lowest BCUT2D eigenvalue weighted by Crippen LogP contribution is -2.39. The van der Waals surface area contributed by atoms with E-state index in [-0.39, 0.29) is 11.9 Å². The maximum Gasteiger partial charge on any atom is 0.265 e. The van der Waals surface area contributed by atoms with Crippen LogP contribution in [0.25, 0.3) is 10.4 Å². The van der Waals surface area contributed by atoms with Crippen molar-refractivity contribution in [2.24, 2.45) is 0 Å². The largest absolute Gasteiger partial charge is 0.287 e. The molecule has 0 aliphatic carbocycles. The van der Waals surface area contributed by atoms with Crippen molar-refractivity contribution in [2.75, 3.05) is 0 Å². The highest BCUT2D eigenvalue weighted by molar-refractivity contribution is 7.13. The zero-order chi connectivity index (χ0) is 17.5. The third kappa shape index (κ3) is 4.44. The molecule has 0 spiro atoms. The molecule has 0 aliphatic heterocycles. The molecule has 0 aliphatic rings. The van der Waals surface area contributed by atoms with E-state index in [1.807, 2.05) is 24.3 Å².